The Morgan fingerprint density at radius 2 is 2.07 bits per heavy atom. The highest BCUT2D eigenvalue weighted by atomic mass is 16.6. The first kappa shape index (κ1) is 12.2. The smallest absolute Gasteiger partial charge is 0.323 e. The van der Waals surface area contributed by atoms with Gasteiger partial charge in [-0.15, -0.1) is 0 Å². The molecule has 2 atom stereocenters. The lowest BCUT2D eigenvalue weighted by atomic mass is 10.1. The predicted octanol–water partition coefficient (Wildman–Crippen LogP) is 0.847. The van der Waals surface area contributed by atoms with Crippen molar-refractivity contribution in [3.8, 4) is 0 Å². The van der Waals surface area contributed by atoms with E-state index in [1.165, 1.54) is 0 Å². The molecule has 0 bridgehead atoms. The third-order valence-corrected chi connectivity index (χ3v) is 2.45. The summed E-state index contributed by atoms with van der Waals surface area (Å²) in [6, 6.07) is -0.264. The normalized spacial score (nSPS) is 27.7. The maximum atomic E-state index is 11.8. The Morgan fingerprint density at radius 3 is 2.47 bits per heavy atom. The number of likely N-dealkylation sites (tertiary alicyclic amines) is 1. The van der Waals surface area contributed by atoms with Crippen molar-refractivity contribution in [2.24, 2.45) is 5.92 Å². The summed E-state index contributed by atoms with van der Waals surface area (Å²) in [5, 5.41) is 0. The molecule has 0 aliphatic carbocycles. The Balaban J connectivity index is 2.57. The zero-order valence-corrected chi connectivity index (χ0v) is 9.82. The summed E-state index contributed by atoms with van der Waals surface area (Å²) in [7, 11) is 1.85. The van der Waals surface area contributed by atoms with Gasteiger partial charge in [-0.1, -0.05) is 0 Å². The van der Waals surface area contributed by atoms with Gasteiger partial charge in [-0.25, -0.2) is 0 Å². The van der Waals surface area contributed by atoms with E-state index in [9.17, 15) is 9.59 Å². The van der Waals surface area contributed by atoms with Crippen LogP contribution in [0.2, 0.25) is 0 Å². The summed E-state index contributed by atoms with van der Waals surface area (Å²) in [5.41, 5.74) is -0.461. The van der Waals surface area contributed by atoms with E-state index < -0.39 is 5.60 Å². The van der Waals surface area contributed by atoms with Gasteiger partial charge in [-0.05, 0) is 34.2 Å². The molecule has 0 aromatic carbocycles. The second-order valence-electron chi connectivity index (χ2n) is 5.12. The van der Waals surface area contributed by atoms with Gasteiger partial charge in [0.1, 0.15) is 17.9 Å². The molecule has 2 unspecified atom stereocenters. The van der Waals surface area contributed by atoms with E-state index in [1.807, 2.05) is 32.7 Å². The van der Waals surface area contributed by atoms with Gasteiger partial charge in [0, 0.05) is 12.5 Å². The molecule has 4 heteroatoms. The molecule has 1 fully saturated rings. The Labute approximate surface area is 90.6 Å². The molecular weight excluding hydrogens is 194 g/mol. The summed E-state index contributed by atoms with van der Waals surface area (Å²) < 4.78 is 5.29. The molecule has 0 aromatic heterocycles. The van der Waals surface area contributed by atoms with Crippen molar-refractivity contribution in [2.45, 2.75) is 38.8 Å². The van der Waals surface area contributed by atoms with Gasteiger partial charge < -0.3 is 9.53 Å². The van der Waals surface area contributed by atoms with Crippen LogP contribution in [-0.4, -0.2) is 42.4 Å². The summed E-state index contributed by atoms with van der Waals surface area (Å²) in [5.74, 6) is -0.262. The molecule has 1 saturated heterocycles. The van der Waals surface area contributed by atoms with Crippen LogP contribution in [0.25, 0.3) is 0 Å². The molecule has 0 aromatic rings. The first-order valence-electron chi connectivity index (χ1n) is 5.22. The zero-order chi connectivity index (χ0) is 11.6. The lowest BCUT2D eigenvalue weighted by Gasteiger charge is -2.24. The van der Waals surface area contributed by atoms with Gasteiger partial charge in [0.25, 0.3) is 0 Å². The van der Waals surface area contributed by atoms with E-state index in [0.29, 0.717) is 13.0 Å². The molecule has 1 heterocycles. The van der Waals surface area contributed by atoms with Gasteiger partial charge >= 0.3 is 5.97 Å². The Kier molecular flexibility index (Phi) is 3.50. The molecule has 0 N–H and O–H groups in total. The monoisotopic (exact) mass is 213 g/mol. The molecule has 1 aliphatic heterocycles. The number of ether oxygens (including phenoxy) is 1. The highest BCUT2D eigenvalue weighted by molar-refractivity contribution is 5.77. The second kappa shape index (κ2) is 4.31. The van der Waals surface area contributed by atoms with E-state index in [1.54, 1.807) is 0 Å². The van der Waals surface area contributed by atoms with Crippen LogP contribution in [0, 0.1) is 5.92 Å². The predicted molar refractivity (Wildman–Crippen MR) is 56.4 cm³/mol. The fraction of sp³-hybridized carbons (Fsp3) is 0.818. The highest BCUT2D eigenvalue weighted by Gasteiger charge is 2.36. The number of aldehydes is 1. The number of hydrogen-bond acceptors (Lipinski definition) is 4. The number of carbonyl (C=O) groups excluding carboxylic acids is 2. The first-order chi connectivity index (χ1) is 6.83. The van der Waals surface area contributed by atoms with Crippen molar-refractivity contribution in [2.75, 3.05) is 13.6 Å². The fourth-order valence-electron chi connectivity index (χ4n) is 1.78. The van der Waals surface area contributed by atoms with Crippen LogP contribution in [0.3, 0.4) is 0 Å². The number of hydrogen-bond donors (Lipinski definition) is 0. The first-order valence-corrected chi connectivity index (χ1v) is 5.22. The maximum Gasteiger partial charge on any atom is 0.323 e. The molecule has 0 radical (unpaired) electrons. The average molecular weight is 213 g/mol. The van der Waals surface area contributed by atoms with Crippen LogP contribution in [0.4, 0.5) is 0 Å². The van der Waals surface area contributed by atoms with Gasteiger partial charge in [-0.3, -0.25) is 9.69 Å². The number of rotatable bonds is 2. The molecule has 1 aliphatic rings. The van der Waals surface area contributed by atoms with Crippen molar-refractivity contribution in [3.63, 3.8) is 0 Å². The average Bonchev–Trinajstić information content (AvgIpc) is 2.43. The van der Waals surface area contributed by atoms with Crippen LogP contribution in [0.15, 0.2) is 0 Å². The number of likely N-dealkylation sites (N-methyl/N-ethyl adjacent to an activating group) is 1. The van der Waals surface area contributed by atoms with Gasteiger partial charge in [0.15, 0.2) is 0 Å². The molecular formula is C11H19NO3. The van der Waals surface area contributed by atoms with Crippen LogP contribution in [-0.2, 0) is 14.3 Å². The van der Waals surface area contributed by atoms with Crippen LogP contribution in [0.5, 0.6) is 0 Å². The van der Waals surface area contributed by atoms with Crippen LogP contribution < -0.4 is 0 Å². The van der Waals surface area contributed by atoms with Crippen LogP contribution in [0.1, 0.15) is 27.2 Å². The molecule has 0 saturated carbocycles. The highest BCUT2D eigenvalue weighted by Crippen LogP contribution is 2.22. The summed E-state index contributed by atoms with van der Waals surface area (Å²) in [6.45, 7) is 6.18. The lowest BCUT2D eigenvalue weighted by molar-refractivity contribution is -0.159. The molecule has 4 nitrogen and oxygen atoms in total. The quantitative estimate of drug-likeness (QED) is 0.504. The van der Waals surface area contributed by atoms with Crippen molar-refractivity contribution in [3.05, 3.63) is 0 Å². The standard InChI is InChI=1S/C11H19NO3/c1-11(2,3)15-10(14)9-5-8(7-13)6-12(9)4/h7-9H,5-6H2,1-4H3. The third-order valence-electron chi connectivity index (χ3n) is 2.45. The summed E-state index contributed by atoms with van der Waals surface area (Å²) in [6.07, 6.45) is 1.50. The SMILES string of the molecule is CN1CC(C=O)CC1C(=O)OC(C)(C)C. The topological polar surface area (TPSA) is 46.6 Å². The van der Waals surface area contributed by atoms with E-state index in [2.05, 4.69) is 0 Å². The lowest BCUT2D eigenvalue weighted by Crippen LogP contribution is -2.38. The minimum Gasteiger partial charge on any atom is -0.459 e. The van der Waals surface area contributed by atoms with Crippen LogP contribution >= 0.6 is 0 Å². The number of esters is 1. The molecule has 0 amide bonds. The van der Waals surface area contributed by atoms with Crippen molar-refractivity contribution < 1.29 is 14.3 Å². The van der Waals surface area contributed by atoms with E-state index in [4.69, 9.17) is 4.74 Å². The summed E-state index contributed by atoms with van der Waals surface area (Å²) >= 11 is 0. The fourth-order valence-corrected chi connectivity index (χ4v) is 1.78. The Hall–Kier alpha value is -0.900. The Morgan fingerprint density at radius 1 is 1.47 bits per heavy atom. The molecule has 0 spiro atoms. The molecule has 86 valence electrons. The van der Waals surface area contributed by atoms with Crippen molar-refractivity contribution in [1.29, 1.82) is 0 Å². The minimum atomic E-state index is -0.461. The van der Waals surface area contributed by atoms with Gasteiger partial charge in [0.2, 0.25) is 0 Å². The third kappa shape index (κ3) is 3.30. The number of carbonyl (C=O) groups is 2. The van der Waals surface area contributed by atoms with E-state index >= 15 is 0 Å². The molecule has 15 heavy (non-hydrogen) atoms. The number of nitrogens with zero attached hydrogens (tertiary/aromatic N) is 1. The van der Waals surface area contributed by atoms with E-state index in [-0.39, 0.29) is 17.9 Å². The van der Waals surface area contributed by atoms with Gasteiger partial charge in [0.05, 0.1) is 0 Å². The summed E-state index contributed by atoms with van der Waals surface area (Å²) in [4.78, 5) is 24.3. The largest absolute Gasteiger partial charge is 0.459 e. The zero-order valence-electron chi connectivity index (χ0n) is 9.82. The van der Waals surface area contributed by atoms with Gasteiger partial charge in [-0.2, -0.15) is 0 Å². The molecule has 1 rings (SSSR count). The van der Waals surface area contributed by atoms with Crippen molar-refractivity contribution in [1.82, 2.24) is 4.90 Å². The maximum absolute atomic E-state index is 11.8. The van der Waals surface area contributed by atoms with Crippen molar-refractivity contribution >= 4 is 12.3 Å². The Bertz CT molecular complexity index is 257. The van der Waals surface area contributed by atoms with E-state index in [0.717, 1.165) is 6.29 Å². The minimum absolute atomic E-state index is 0.0347. The second-order valence-corrected chi connectivity index (χ2v) is 5.12.